The molecule has 0 spiro atoms. The van der Waals surface area contributed by atoms with Gasteiger partial charge in [0.15, 0.2) is 6.23 Å². The Balaban J connectivity index is 1.95. The number of benzene rings is 1. The average Bonchev–Trinajstić information content (AvgIpc) is 2.99. The van der Waals surface area contributed by atoms with Crippen LogP contribution in [0.4, 0.5) is 0 Å². The van der Waals surface area contributed by atoms with Crippen LogP contribution in [-0.2, 0) is 13.8 Å². The smallest absolute Gasteiger partial charge is 0.387 e. The number of carbonyl (C=O) groups excluding carboxylic acids is 2. The topological polar surface area (TPSA) is 204 Å². The summed E-state index contributed by atoms with van der Waals surface area (Å²) in [6, 6.07) is 5.92. The fraction of sp³-hybridized carbons (Fsp3) is 0.353. The third-order valence-corrected chi connectivity index (χ3v) is 4.60. The summed E-state index contributed by atoms with van der Waals surface area (Å²) in [4.78, 5) is 31.5. The average molecular weight is 441 g/mol. The molecular weight excluding hydrogens is 419 g/mol. The van der Waals surface area contributed by atoms with E-state index in [0.717, 1.165) is 0 Å². The maximum absolute atomic E-state index is 12.2. The van der Waals surface area contributed by atoms with Gasteiger partial charge in [0, 0.05) is 34.0 Å². The summed E-state index contributed by atoms with van der Waals surface area (Å²) in [5.41, 5.74) is 6.40. The Morgan fingerprint density at radius 3 is 2.53 bits per heavy atom. The van der Waals surface area contributed by atoms with Crippen LogP contribution in [-0.4, -0.2) is 70.8 Å². The highest BCUT2D eigenvalue weighted by molar-refractivity contribution is 7.32. The molecule has 1 aliphatic rings. The molecule has 0 bridgehead atoms. The van der Waals surface area contributed by atoms with E-state index in [1.54, 1.807) is 0 Å². The highest BCUT2D eigenvalue weighted by atomic mass is 31.1. The van der Waals surface area contributed by atoms with Crippen molar-refractivity contribution in [2.45, 2.75) is 24.5 Å². The van der Waals surface area contributed by atoms with Gasteiger partial charge in [0.1, 0.15) is 37.0 Å². The molecule has 1 amide bonds. The first-order valence-electron chi connectivity index (χ1n) is 8.66. The normalized spacial score (nSPS) is 24.2. The summed E-state index contributed by atoms with van der Waals surface area (Å²) in [6.45, 7) is -0.538. The van der Waals surface area contributed by atoms with E-state index in [4.69, 9.17) is 20.8 Å². The molecule has 1 saturated heterocycles. The highest BCUT2D eigenvalue weighted by Gasteiger charge is 2.43. The molecule has 1 aromatic rings. The van der Waals surface area contributed by atoms with Gasteiger partial charge in [-0.2, -0.15) is 0 Å². The zero-order chi connectivity index (χ0) is 22.3. The standard InChI is InChI=1S/C17H21N4O8P/c18-15(19)11(5-20-16(25)10-3-1-9(7-22)2-4-10)6-21-17-14(24)13(23)12(29-17)8-28-30(26)27/h1-4,6-7,12-14,17,23-24H,5,8H2,(H5-,18,19,20,21,25,26,27)/p+1. The van der Waals surface area contributed by atoms with Crippen LogP contribution in [0.5, 0.6) is 0 Å². The number of ether oxygens (including phenoxy) is 1. The third kappa shape index (κ3) is 6.39. The molecule has 2 rings (SSSR count). The first-order chi connectivity index (χ1) is 14.2. The number of rotatable bonds is 10. The van der Waals surface area contributed by atoms with Crippen molar-refractivity contribution in [3.8, 4) is 0 Å². The van der Waals surface area contributed by atoms with Gasteiger partial charge in [0.2, 0.25) is 0 Å². The molecule has 30 heavy (non-hydrogen) atoms. The van der Waals surface area contributed by atoms with E-state index in [9.17, 15) is 24.4 Å². The van der Waals surface area contributed by atoms with Gasteiger partial charge < -0.3 is 31.3 Å². The van der Waals surface area contributed by atoms with Crippen molar-refractivity contribution >= 4 is 26.3 Å². The van der Waals surface area contributed by atoms with Gasteiger partial charge in [-0.1, -0.05) is 12.1 Å². The maximum atomic E-state index is 12.2. The second-order valence-electron chi connectivity index (χ2n) is 6.28. The monoisotopic (exact) mass is 441 g/mol. The summed E-state index contributed by atoms with van der Waals surface area (Å²) in [6.07, 6.45) is -3.01. The fourth-order valence-electron chi connectivity index (χ4n) is 2.56. The second-order valence-corrected chi connectivity index (χ2v) is 7.02. The molecular formula is C17H22N4O8P+. The van der Waals surface area contributed by atoms with Crippen molar-refractivity contribution in [3.05, 3.63) is 47.2 Å². The Hall–Kier alpha value is -2.73. The van der Waals surface area contributed by atoms with Gasteiger partial charge in [-0.25, -0.2) is 0 Å². The summed E-state index contributed by atoms with van der Waals surface area (Å²) in [5, 5.41) is 32.8. The van der Waals surface area contributed by atoms with E-state index in [0.29, 0.717) is 17.4 Å². The molecule has 0 radical (unpaired) electrons. The molecule has 0 aromatic heterocycles. The minimum atomic E-state index is -2.88. The zero-order valence-corrected chi connectivity index (χ0v) is 16.5. The first kappa shape index (κ1) is 23.5. The van der Waals surface area contributed by atoms with Gasteiger partial charge in [0.25, 0.3) is 5.91 Å². The van der Waals surface area contributed by atoms with E-state index in [1.165, 1.54) is 30.5 Å². The predicted molar refractivity (Wildman–Crippen MR) is 104 cm³/mol. The number of nitrogens with one attached hydrogen (secondary N) is 3. The van der Waals surface area contributed by atoms with Crippen LogP contribution in [0.2, 0.25) is 0 Å². The Labute approximate surface area is 172 Å². The second kappa shape index (κ2) is 10.9. The Kier molecular flexibility index (Phi) is 8.54. The summed E-state index contributed by atoms with van der Waals surface area (Å²) in [5.74, 6) is -0.813. The molecule has 0 aliphatic carbocycles. The fourth-order valence-corrected chi connectivity index (χ4v) is 2.83. The van der Waals surface area contributed by atoms with E-state index < -0.39 is 45.3 Å². The number of carbonyl (C=O) groups is 2. The molecule has 1 fully saturated rings. The molecule has 1 heterocycles. The quantitative estimate of drug-likeness (QED) is 0.0994. The summed E-state index contributed by atoms with van der Waals surface area (Å²) >= 11 is 0. The van der Waals surface area contributed by atoms with Crippen LogP contribution in [0.3, 0.4) is 0 Å². The Bertz CT molecular complexity index is 832. The lowest BCUT2D eigenvalue weighted by Gasteiger charge is -2.16. The van der Waals surface area contributed by atoms with Crippen LogP contribution in [0.25, 0.3) is 0 Å². The molecule has 13 heteroatoms. The van der Waals surface area contributed by atoms with Crippen molar-refractivity contribution in [2.24, 2.45) is 5.73 Å². The van der Waals surface area contributed by atoms with E-state index in [1.807, 2.05) is 0 Å². The number of nitrogens with two attached hydrogens (primary N) is 1. The van der Waals surface area contributed by atoms with Crippen molar-refractivity contribution in [2.75, 3.05) is 13.2 Å². The number of aliphatic hydroxyl groups excluding tert-OH is 2. The lowest BCUT2D eigenvalue weighted by atomic mass is 10.1. The van der Waals surface area contributed by atoms with E-state index in [2.05, 4.69) is 15.2 Å². The van der Waals surface area contributed by atoms with E-state index >= 15 is 0 Å². The lowest BCUT2D eigenvalue weighted by Crippen LogP contribution is -2.39. The minimum absolute atomic E-state index is 0.126. The molecule has 12 nitrogen and oxygen atoms in total. The minimum Gasteiger partial charge on any atom is -0.387 e. The number of amidine groups is 1. The van der Waals surface area contributed by atoms with Crippen LogP contribution >= 0.6 is 8.25 Å². The predicted octanol–water partition coefficient (Wildman–Crippen LogP) is -1.25. The molecule has 1 aliphatic heterocycles. The molecule has 162 valence electrons. The summed E-state index contributed by atoms with van der Waals surface area (Å²) < 4.78 is 20.4. The van der Waals surface area contributed by atoms with E-state index in [-0.39, 0.29) is 18.0 Å². The van der Waals surface area contributed by atoms with Crippen LogP contribution in [0.1, 0.15) is 20.7 Å². The molecule has 5 unspecified atom stereocenters. The number of hydrogen-bond donors (Lipinski definition) is 7. The van der Waals surface area contributed by atoms with Gasteiger partial charge in [-0.3, -0.25) is 15.0 Å². The van der Waals surface area contributed by atoms with Crippen LogP contribution < -0.4 is 16.4 Å². The molecule has 8 N–H and O–H groups in total. The van der Waals surface area contributed by atoms with Gasteiger partial charge >= 0.3 is 8.25 Å². The first-order valence-corrected chi connectivity index (χ1v) is 9.79. The van der Waals surface area contributed by atoms with Gasteiger partial charge in [-0.05, 0) is 12.1 Å². The van der Waals surface area contributed by atoms with Gasteiger partial charge in [0.05, 0.1) is 0 Å². The SMILES string of the molecule is N=C(N)/C(=C\NC1OC(CO[P+](=O)O)C(O)C1O)CNC(=O)c1ccc(C=O)cc1. The molecule has 5 atom stereocenters. The van der Waals surface area contributed by atoms with Gasteiger partial charge in [-0.15, -0.1) is 9.42 Å². The third-order valence-electron chi connectivity index (χ3n) is 4.23. The molecule has 0 saturated carbocycles. The van der Waals surface area contributed by atoms with Crippen LogP contribution in [0, 0.1) is 5.41 Å². The Morgan fingerprint density at radius 2 is 1.97 bits per heavy atom. The lowest BCUT2D eigenvalue weighted by molar-refractivity contribution is -0.0233. The summed E-state index contributed by atoms with van der Waals surface area (Å²) in [7, 11) is -2.88. The zero-order valence-electron chi connectivity index (χ0n) is 15.6. The molecule has 1 aromatic carbocycles. The number of aliphatic hydroxyl groups is 2. The van der Waals surface area contributed by atoms with Crippen molar-refractivity contribution in [1.29, 1.82) is 5.41 Å². The number of amides is 1. The Morgan fingerprint density at radius 1 is 1.30 bits per heavy atom. The van der Waals surface area contributed by atoms with Crippen molar-refractivity contribution < 1.29 is 38.5 Å². The largest absolute Gasteiger partial charge is 0.694 e. The van der Waals surface area contributed by atoms with Crippen LogP contribution in [0.15, 0.2) is 36.0 Å². The number of hydrogen-bond acceptors (Lipinski definition) is 9. The van der Waals surface area contributed by atoms with Crippen molar-refractivity contribution in [1.82, 2.24) is 10.6 Å². The highest BCUT2D eigenvalue weighted by Crippen LogP contribution is 2.24. The van der Waals surface area contributed by atoms with Crippen molar-refractivity contribution in [3.63, 3.8) is 0 Å². The number of aldehydes is 1. The maximum Gasteiger partial charge on any atom is 0.694 e.